The van der Waals surface area contributed by atoms with E-state index in [0.29, 0.717) is 13.1 Å². The van der Waals surface area contributed by atoms with Crippen LogP contribution in [0, 0.1) is 11.3 Å². The molecule has 1 unspecified atom stereocenters. The van der Waals surface area contributed by atoms with E-state index in [1.807, 2.05) is 14.0 Å². The van der Waals surface area contributed by atoms with Crippen LogP contribution >= 0.6 is 0 Å². The second kappa shape index (κ2) is 6.69. The fourth-order valence-electron chi connectivity index (χ4n) is 1.46. The molecule has 0 aliphatic carbocycles. The van der Waals surface area contributed by atoms with Crippen molar-refractivity contribution in [3.63, 3.8) is 0 Å². The molecular weight excluding hydrogens is 276 g/mol. The first-order chi connectivity index (χ1) is 9.16. The minimum absolute atomic E-state index is 0.0689. The molecule has 7 heteroatoms. The molecule has 0 radical (unpaired) electrons. The van der Waals surface area contributed by atoms with Gasteiger partial charge in [-0.3, -0.25) is 4.68 Å². The van der Waals surface area contributed by atoms with Crippen molar-refractivity contribution in [2.45, 2.75) is 39.1 Å². The zero-order valence-corrected chi connectivity index (χ0v) is 13.8. The average Bonchev–Trinajstić information content (AvgIpc) is 2.81. The van der Waals surface area contributed by atoms with Gasteiger partial charge in [-0.15, -0.1) is 0 Å². The molecule has 0 aromatic carbocycles. The summed E-state index contributed by atoms with van der Waals surface area (Å²) in [7, 11) is -1.63. The van der Waals surface area contributed by atoms with Gasteiger partial charge in [-0.2, -0.15) is 5.10 Å². The van der Waals surface area contributed by atoms with Gasteiger partial charge >= 0.3 is 0 Å². The third-order valence-corrected chi connectivity index (χ3v) is 4.95. The lowest BCUT2D eigenvalue weighted by atomic mass is 9.82. The van der Waals surface area contributed by atoms with E-state index in [1.165, 1.54) is 6.20 Å². The maximum Gasteiger partial charge on any atom is 0.243 e. The summed E-state index contributed by atoms with van der Waals surface area (Å²) in [6.07, 6.45) is 2.95. The molecule has 0 bridgehead atoms. The summed E-state index contributed by atoms with van der Waals surface area (Å²) in [6.45, 7) is 10.2. The Morgan fingerprint density at radius 3 is 2.60 bits per heavy atom. The van der Waals surface area contributed by atoms with Gasteiger partial charge < -0.3 is 5.32 Å². The highest BCUT2D eigenvalue weighted by molar-refractivity contribution is 7.89. The third-order valence-electron chi connectivity index (χ3n) is 3.57. The lowest BCUT2D eigenvalue weighted by Gasteiger charge is -2.27. The number of nitrogens with one attached hydrogen (secondary N) is 2. The van der Waals surface area contributed by atoms with Crippen LogP contribution in [0.1, 0.15) is 27.7 Å². The molecule has 116 valence electrons. The van der Waals surface area contributed by atoms with E-state index < -0.39 is 10.0 Å². The molecule has 6 nitrogen and oxygen atoms in total. The minimum Gasteiger partial charge on any atom is -0.318 e. The number of nitrogens with zero attached hydrogens (tertiary/aromatic N) is 2. The van der Waals surface area contributed by atoms with Crippen molar-refractivity contribution in [3.05, 3.63) is 12.4 Å². The van der Waals surface area contributed by atoms with Gasteiger partial charge in [0.15, 0.2) is 0 Å². The predicted molar refractivity (Wildman–Crippen MR) is 80.0 cm³/mol. The van der Waals surface area contributed by atoms with Crippen LogP contribution in [0.5, 0.6) is 0 Å². The summed E-state index contributed by atoms with van der Waals surface area (Å²) in [6, 6.07) is 0. The molecule has 0 spiro atoms. The van der Waals surface area contributed by atoms with E-state index >= 15 is 0 Å². The Kier molecular flexibility index (Phi) is 5.73. The van der Waals surface area contributed by atoms with Crippen molar-refractivity contribution >= 4 is 10.0 Å². The van der Waals surface area contributed by atoms with Gasteiger partial charge in [-0.1, -0.05) is 27.7 Å². The van der Waals surface area contributed by atoms with Crippen molar-refractivity contribution in [2.75, 3.05) is 20.1 Å². The fourth-order valence-corrected chi connectivity index (χ4v) is 2.54. The molecular formula is C13H26N4O2S. The van der Waals surface area contributed by atoms with E-state index in [9.17, 15) is 8.42 Å². The third kappa shape index (κ3) is 4.88. The van der Waals surface area contributed by atoms with Crippen LogP contribution in [-0.2, 0) is 16.6 Å². The first-order valence-electron chi connectivity index (χ1n) is 6.83. The summed E-state index contributed by atoms with van der Waals surface area (Å²) in [5.74, 6) is 0.247. The highest BCUT2D eigenvalue weighted by atomic mass is 32.2. The van der Waals surface area contributed by atoms with Crippen molar-refractivity contribution in [1.29, 1.82) is 0 Å². The highest BCUT2D eigenvalue weighted by Crippen LogP contribution is 2.24. The second-order valence-corrected chi connectivity index (χ2v) is 7.93. The molecule has 2 N–H and O–H groups in total. The summed E-state index contributed by atoms with van der Waals surface area (Å²) in [5.41, 5.74) is 0.0689. The fraction of sp³-hybridized carbons (Fsp3) is 0.769. The Balaban J connectivity index is 2.67. The van der Waals surface area contributed by atoms with Gasteiger partial charge in [-0.05, 0) is 18.4 Å². The number of hydrogen-bond acceptors (Lipinski definition) is 4. The number of aromatic nitrogens is 2. The monoisotopic (exact) mass is 302 g/mol. The van der Waals surface area contributed by atoms with Crippen LogP contribution in [0.25, 0.3) is 0 Å². The summed E-state index contributed by atoms with van der Waals surface area (Å²) >= 11 is 0. The molecule has 20 heavy (non-hydrogen) atoms. The van der Waals surface area contributed by atoms with Gasteiger partial charge in [0.2, 0.25) is 10.0 Å². The van der Waals surface area contributed by atoms with Gasteiger partial charge in [0.05, 0.1) is 12.7 Å². The van der Waals surface area contributed by atoms with Gasteiger partial charge in [0.25, 0.3) is 0 Å². The Bertz CT molecular complexity index is 517. The molecule has 1 rings (SSSR count). The molecule has 1 atom stereocenters. The van der Waals surface area contributed by atoms with Crippen molar-refractivity contribution < 1.29 is 8.42 Å². The zero-order chi connectivity index (χ0) is 15.4. The first-order valence-corrected chi connectivity index (χ1v) is 8.32. The number of hydrogen-bond donors (Lipinski definition) is 2. The molecule has 0 fully saturated rings. The zero-order valence-electron chi connectivity index (χ0n) is 13.0. The van der Waals surface area contributed by atoms with E-state index in [2.05, 4.69) is 35.9 Å². The summed E-state index contributed by atoms with van der Waals surface area (Å²) < 4.78 is 28.6. The lowest BCUT2D eigenvalue weighted by molar-refractivity contribution is 0.263. The maximum atomic E-state index is 12.2. The van der Waals surface area contributed by atoms with E-state index in [1.54, 1.807) is 10.9 Å². The summed E-state index contributed by atoms with van der Waals surface area (Å²) in [5, 5.41) is 7.05. The van der Waals surface area contributed by atoms with Crippen LogP contribution in [0.2, 0.25) is 0 Å². The predicted octanol–water partition coefficient (Wildman–Crippen LogP) is 1.06. The van der Waals surface area contributed by atoms with Crippen LogP contribution in [0.4, 0.5) is 0 Å². The molecule has 0 saturated heterocycles. The number of likely N-dealkylation sites (N-methyl/N-ethyl adjacent to an activating group) is 1. The van der Waals surface area contributed by atoms with Crippen LogP contribution in [-0.4, -0.2) is 38.3 Å². The quantitative estimate of drug-likeness (QED) is 0.790. The Morgan fingerprint density at radius 1 is 1.40 bits per heavy atom. The normalized spacial score (nSPS) is 14.4. The largest absolute Gasteiger partial charge is 0.318 e. The topological polar surface area (TPSA) is 76.0 Å². The lowest BCUT2D eigenvalue weighted by Crippen LogP contribution is -2.33. The molecule has 1 aromatic rings. The molecule has 1 aromatic heterocycles. The van der Waals surface area contributed by atoms with Crippen LogP contribution in [0.15, 0.2) is 17.3 Å². The van der Waals surface area contributed by atoms with E-state index in [0.717, 1.165) is 6.54 Å². The number of rotatable bonds is 7. The Labute approximate surface area is 122 Å². The van der Waals surface area contributed by atoms with Crippen LogP contribution in [0.3, 0.4) is 0 Å². The van der Waals surface area contributed by atoms with E-state index in [-0.39, 0.29) is 16.2 Å². The van der Waals surface area contributed by atoms with Gasteiger partial charge in [-0.25, -0.2) is 13.1 Å². The van der Waals surface area contributed by atoms with Crippen LogP contribution < -0.4 is 10.0 Å². The molecule has 0 aliphatic heterocycles. The SMILES string of the molecule is CNCCn1cc(S(=O)(=O)NCC(C)C(C)(C)C)cn1. The Morgan fingerprint density at radius 2 is 2.05 bits per heavy atom. The van der Waals surface area contributed by atoms with Gasteiger partial charge in [0, 0.05) is 19.3 Å². The first kappa shape index (κ1) is 17.1. The van der Waals surface area contributed by atoms with Crippen molar-refractivity contribution in [1.82, 2.24) is 19.8 Å². The summed E-state index contributed by atoms with van der Waals surface area (Å²) in [4.78, 5) is 0.217. The highest BCUT2D eigenvalue weighted by Gasteiger charge is 2.23. The van der Waals surface area contributed by atoms with Crippen molar-refractivity contribution in [2.24, 2.45) is 11.3 Å². The second-order valence-electron chi connectivity index (χ2n) is 6.16. The minimum atomic E-state index is -3.47. The standard InChI is InChI=1S/C13H26N4O2S/c1-11(13(2,3)4)8-16-20(18,19)12-9-15-17(10-12)7-6-14-5/h9-11,14,16H,6-8H2,1-5H3. The van der Waals surface area contributed by atoms with E-state index in [4.69, 9.17) is 0 Å². The average molecular weight is 302 g/mol. The molecule has 1 heterocycles. The van der Waals surface area contributed by atoms with Crippen molar-refractivity contribution in [3.8, 4) is 0 Å². The molecule has 0 saturated carbocycles. The maximum absolute atomic E-state index is 12.2. The molecule has 0 aliphatic rings. The van der Waals surface area contributed by atoms with Gasteiger partial charge in [0.1, 0.15) is 4.90 Å². The smallest absolute Gasteiger partial charge is 0.243 e. The Hall–Kier alpha value is -0.920. The number of sulfonamides is 1. The molecule has 0 amide bonds.